The zero-order valence-corrected chi connectivity index (χ0v) is 13.3. The van der Waals surface area contributed by atoms with Crippen molar-refractivity contribution in [3.05, 3.63) is 36.0 Å². The molecule has 1 aliphatic heterocycles. The molecule has 0 radical (unpaired) electrons. The summed E-state index contributed by atoms with van der Waals surface area (Å²) in [7, 11) is 1.65. The first-order valence-electron chi connectivity index (χ1n) is 7.52. The van der Waals surface area contributed by atoms with Crippen LogP contribution in [0.5, 0.6) is 0 Å². The van der Waals surface area contributed by atoms with Crippen LogP contribution >= 0.6 is 0 Å². The zero-order valence-electron chi connectivity index (χ0n) is 13.3. The van der Waals surface area contributed by atoms with Gasteiger partial charge in [0.25, 0.3) is 5.91 Å². The van der Waals surface area contributed by atoms with E-state index in [-0.39, 0.29) is 17.6 Å². The van der Waals surface area contributed by atoms with E-state index in [1.165, 1.54) is 0 Å². The maximum atomic E-state index is 12.8. The number of hydrogen-bond acceptors (Lipinski definition) is 3. The van der Waals surface area contributed by atoms with E-state index in [1.54, 1.807) is 7.11 Å². The number of H-pyrrole nitrogens is 1. The highest BCUT2D eigenvalue weighted by atomic mass is 16.5. The van der Waals surface area contributed by atoms with Gasteiger partial charge < -0.3 is 19.4 Å². The van der Waals surface area contributed by atoms with Crippen molar-refractivity contribution < 1.29 is 14.3 Å². The van der Waals surface area contributed by atoms with Gasteiger partial charge in [0.1, 0.15) is 0 Å². The third kappa shape index (κ3) is 3.00. The fourth-order valence-corrected chi connectivity index (χ4v) is 3.09. The van der Waals surface area contributed by atoms with Crippen molar-refractivity contribution in [3.8, 4) is 0 Å². The third-order valence-electron chi connectivity index (χ3n) is 3.92. The first-order valence-corrected chi connectivity index (χ1v) is 7.52. The molecular formula is C17H22N2O3. The number of methoxy groups -OCH3 is 1. The molecule has 1 aliphatic rings. The van der Waals surface area contributed by atoms with E-state index in [9.17, 15) is 4.79 Å². The number of rotatable bonds is 3. The van der Waals surface area contributed by atoms with Crippen LogP contribution in [0.25, 0.3) is 10.9 Å². The molecule has 5 nitrogen and oxygen atoms in total. The molecule has 0 unspecified atom stereocenters. The molecule has 1 amide bonds. The molecule has 1 N–H and O–H groups in total. The number of ether oxygens (including phenoxy) is 2. The quantitative estimate of drug-likeness (QED) is 0.947. The van der Waals surface area contributed by atoms with Crippen molar-refractivity contribution >= 4 is 16.8 Å². The van der Waals surface area contributed by atoms with E-state index in [4.69, 9.17) is 9.47 Å². The Balaban J connectivity index is 1.83. The number of carbonyl (C=O) groups is 1. The molecular weight excluding hydrogens is 280 g/mol. The predicted molar refractivity (Wildman–Crippen MR) is 85.0 cm³/mol. The lowest BCUT2D eigenvalue weighted by atomic mass is 10.0. The molecule has 2 heterocycles. The average molecular weight is 302 g/mol. The highest BCUT2D eigenvalue weighted by molar-refractivity contribution is 5.98. The Labute approximate surface area is 130 Å². The second-order valence-electron chi connectivity index (χ2n) is 6.42. The summed E-state index contributed by atoms with van der Waals surface area (Å²) in [5, 5.41) is 1.05. The van der Waals surface area contributed by atoms with Crippen molar-refractivity contribution in [2.24, 2.45) is 0 Å². The summed E-state index contributed by atoms with van der Waals surface area (Å²) in [5.41, 5.74) is 1.38. The maximum absolute atomic E-state index is 12.8. The molecule has 118 valence electrons. The fourth-order valence-electron chi connectivity index (χ4n) is 3.09. The number of fused-ring (bicyclic) bond motifs is 1. The van der Waals surface area contributed by atoms with Gasteiger partial charge in [-0.3, -0.25) is 4.79 Å². The molecule has 1 atom stereocenters. The Kier molecular flexibility index (Phi) is 3.93. The summed E-state index contributed by atoms with van der Waals surface area (Å²) in [4.78, 5) is 17.8. The summed E-state index contributed by atoms with van der Waals surface area (Å²) in [6, 6.07) is 7.72. The highest BCUT2D eigenvalue weighted by Gasteiger charge is 2.35. The Morgan fingerprint density at radius 1 is 1.45 bits per heavy atom. The van der Waals surface area contributed by atoms with Crippen molar-refractivity contribution in [1.29, 1.82) is 0 Å². The van der Waals surface area contributed by atoms with E-state index >= 15 is 0 Å². The van der Waals surface area contributed by atoms with Crippen LogP contribution in [0, 0.1) is 0 Å². The largest absolute Gasteiger partial charge is 0.382 e. The minimum absolute atomic E-state index is 0.0422. The summed E-state index contributed by atoms with van der Waals surface area (Å²) >= 11 is 0. The minimum atomic E-state index is -0.366. The number of benzene rings is 1. The van der Waals surface area contributed by atoms with Crippen LogP contribution in [0.3, 0.4) is 0 Å². The number of amides is 1. The second kappa shape index (κ2) is 5.74. The van der Waals surface area contributed by atoms with E-state index in [1.807, 2.05) is 49.2 Å². The SMILES string of the molecule is COC[C@H]1CN(C(=O)c2ccc3[nH]ccc3c2)CC(C)(C)O1. The normalized spacial score (nSPS) is 21.2. The number of nitrogens with one attached hydrogen (secondary N) is 1. The van der Waals surface area contributed by atoms with Gasteiger partial charge in [-0.2, -0.15) is 0 Å². The van der Waals surface area contributed by atoms with Crippen LogP contribution in [0.1, 0.15) is 24.2 Å². The van der Waals surface area contributed by atoms with Crippen LogP contribution in [0.2, 0.25) is 0 Å². The first-order chi connectivity index (χ1) is 10.5. The van der Waals surface area contributed by atoms with E-state index in [0.717, 1.165) is 10.9 Å². The van der Waals surface area contributed by atoms with Gasteiger partial charge in [-0.1, -0.05) is 0 Å². The molecule has 1 aromatic heterocycles. The van der Waals surface area contributed by atoms with Gasteiger partial charge >= 0.3 is 0 Å². The minimum Gasteiger partial charge on any atom is -0.382 e. The van der Waals surface area contributed by atoms with E-state index in [2.05, 4.69) is 4.98 Å². The van der Waals surface area contributed by atoms with Crippen LogP contribution in [0.4, 0.5) is 0 Å². The highest BCUT2D eigenvalue weighted by Crippen LogP contribution is 2.24. The fraction of sp³-hybridized carbons (Fsp3) is 0.471. The average Bonchev–Trinajstić information content (AvgIpc) is 2.92. The molecule has 0 saturated carbocycles. The van der Waals surface area contributed by atoms with Crippen molar-refractivity contribution in [2.75, 3.05) is 26.8 Å². The van der Waals surface area contributed by atoms with Gasteiger partial charge in [-0.15, -0.1) is 0 Å². The predicted octanol–water partition coefficient (Wildman–Crippen LogP) is 2.43. The molecule has 22 heavy (non-hydrogen) atoms. The van der Waals surface area contributed by atoms with Gasteiger partial charge in [0.2, 0.25) is 0 Å². The standard InChI is InChI=1S/C17H22N2O3/c1-17(2)11-19(9-14(22-17)10-21-3)16(20)13-4-5-15-12(8-13)6-7-18-15/h4-8,14,18H,9-11H2,1-3H3/t14-/m1/s1. The number of nitrogens with zero attached hydrogens (tertiary/aromatic N) is 1. The van der Waals surface area contributed by atoms with Crippen molar-refractivity contribution in [2.45, 2.75) is 25.6 Å². The number of carbonyl (C=O) groups excluding carboxylic acids is 1. The van der Waals surface area contributed by atoms with Crippen molar-refractivity contribution in [1.82, 2.24) is 9.88 Å². The van der Waals surface area contributed by atoms with Crippen LogP contribution < -0.4 is 0 Å². The number of aromatic nitrogens is 1. The molecule has 3 rings (SSSR count). The van der Waals surface area contributed by atoms with E-state index < -0.39 is 0 Å². The van der Waals surface area contributed by atoms with Crippen LogP contribution in [-0.2, 0) is 9.47 Å². The first kappa shape index (κ1) is 15.1. The van der Waals surface area contributed by atoms with Crippen LogP contribution in [-0.4, -0.2) is 54.3 Å². The monoisotopic (exact) mass is 302 g/mol. The van der Waals surface area contributed by atoms with Gasteiger partial charge in [-0.05, 0) is 38.1 Å². The third-order valence-corrected chi connectivity index (χ3v) is 3.92. The molecule has 2 aromatic rings. The molecule has 5 heteroatoms. The Morgan fingerprint density at radius 3 is 3.05 bits per heavy atom. The molecule has 0 spiro atoms. The number of aromatic amines is 1. The van der Waals surface area contributed by atoms with Gasteiger partial charge in [0.15, 0.2) is 0 Å². The Hall–Kier alpha value is -1.85. The smallest absolute Gasteiger partial charge is 0.254 e. The zero-order chi connectivity index (χ0) is 15.7. The lowest BCUT2D eigenvalue weighted by Gasteiger charge is -2.42. The van der Waals surface area contributed by atoms with Gasteiger partial charge in [-0.25, -0.2) is 0 Å². The molecule has 1 fully saturated rings. The lowest BCUT2D eigenvalue weighted by Crippen LogP contribution is -2.55. The van der Waals surface area contributed by atoms with Crippen LogP contribution in [0.15, 0.2) is 30.5 Å². The molecule has 1 aromatic carbocycles. The molecule has 0 aliphatic carbocycles. The van der Waals surface area contributed by atoms with Gasteiger partial charge in [0.05, 0.1) is 18.3 Å². The number of hydrogen-bond donors (Lipinski definition) is 1. The van der Waals surface area contributed by atoms with Gasteiger partial charge in [0, 0.05) is 42.9 Å². The molecule has 0 bridgehead atoms. The summed E-state index contributed by atoms with van der Waals surface area (Å²) in [6.07, 6.45) is 1.79. The Morgan fingerprint density at radius 2 is 2.27 bits per heavy atom. The summed E-state index contributed by atoms with van der Waals surface area (Å²) in [5.74, 6) is 0.0422. The molecule has 1 saturated heterocycles. The summed E-state index contributed by atoms with van der Waals surface area (Å²) < 4.78 is 11.2. The van der Waals surface area contributed by atoms with E-state index in [0.29, 0.717) is 25.3 Å². The maximum Gasteiger partial charge on any atom is 0.254 e. The number of morpholine rings is 1. The lowest BCUT2D eigenvalue weighted by molar-refractivity contribution is -0.143. The van der Waals surface area contributed by atoms with Crippen molar-refractivity contribution in [3.63, 3.8) is 0 Å². The second-order valence-corrected chi connectivity index (χ2v) is 6.42. The topological polar surface area (TPSA) is 54.6 Å². The summed E-state index contributed by atoms with van der Waals surface area (Å²) in [6.45, 7) is 5.64. The Bertz CT molecular complexity index is 677.